The number of anilines is 1. The molecular formula is C27H24F5NO3. The van der Waals surface area contributed by atoms with Crippen molar-refractivity contribution in [2.24, 2.45) is 0 Å². The summed E-state index contributed by atoms with van der Waals surface area (Å²) in [5, 5.41) is 10.2. The number of fused-ring (bicyclic) bond motifs is 3. The summed E-state index contributed by atoms with van der Waals surface area (Å²) >= 11 is 0. The van der Waals surface area contributed by atoms with Crippen molar-refractivity contribution in [3.8, 4) is 0 Å². The molecule has 2 bridgehead atoms. The molecule has 190 valence electrons. The summed E-state index contributed by atoms with van der Waals surface area (Å²) in [6.45, 7) is 0.651. The average molecular weight is 505 g/mol. The lowest BCUT2D eigenvalue weighted by molar-refractivity contribution is -0.138. The van der Waals surface area contributed by atoms with Crippen molar-refractivity contribution in [2.75, 3.05) is 4.90 Å². The number of halogens is 5. The highest BCUT2D eigenvalue weighted by Crippen LogP contribution is 2.44. The molecule has 0 aromatic heterocycles. The number of rotatable bonds is 5. The second kappa shape index (κ2) is 8.50. The van der Waals surface area contributed by atoms with Gasteiger partial charge in [-0.15, -0.1) is 0 Å². The molecule has 2 aromatic carbocycles. The minimum Gasteiger partial charge on any atom is -0.391 e. The maximum Gasteiger partial charge on any atom is 0.416 e. The first-order valence-corrected chi connectivity index (χ1v) is 11.8. The van der Waals surface area contributed by atoms with E-state index in [1.807, 2.05) is 4.90 Å². The van der Waals surface area contributed by atoms with E-state index >= 15 is 0 Å². The highest BCUT2D eigenvalue weighted by atomic mass is 19.4. The summed E-state index contributed by atoms with van der Waals surface area (Å²) in [4.78, 5) is 27.9. The standard InChI is InChI=1S/C27H24F5NO3/c1-26(28,29)19-4-2-3-14-6-9-18(25(36)24(14)19)22(34)11-15-5-7-16(12-20(15)27(30,31)32)33-17-8-10-21(33)23(35)13-17/h2-5,7,9,12,17,21,23,35H,6,8,10-11,13H2,1H3/t17?,21?,23-/m1/s1. The van der Waals surface area contributed by atoms with Gasteiger partial charge in [0.25, 0.3) is 5.92 Å². The summed E-state index contributed by atoms with van der Waals surface area (Å²) in [6, 6.07) is 7.50. The van der Waals surface area contributed by atoms with Gasteiger partial charge < -0.3 is 10.0 Å². The number of hydrogen-bond donors (Lipinski definition) is 1. The third-order valence-electron chi connectivity index (χ3n) is 7.47. The van der Waals surface area contributed by atoms with E-state index in [4.69, 9.17) is 0 Å². The number of nitrogens with zero attached hydrogens (tertiary/aromatic N) is 1. The van der Waals surface area contributed by atoms with Gasteiger partial charge in [0.15, 0.2) is 11.6 Å². The first-order chi connectivity index (χ1) is 16.9. The molecule has 9 heteroatoms. The Balaban J connectivity index is 1.45. The lowest BCUT2D eigenvalue weighted by Gasteiger charge is -2.26. The number of carbonyl (C=O) groups excluding carboxylic acids is 2. The number of allylic oxidation sites excluding steroid dienone is 2. The average Bonchev–Trinajstić information content (AvgIpc) is 3.34. The van der Waals surface area contributed by atoms with Crippen molar-refractivity contribution >= 4 is 17.3 Å². The highest BCUT2D eigenvalue weighted by Gasteiger charge is 2.46. The van der Waals surface area contributed by atoms with Gasteiger partial charge in [-0.25, -0.2) is 8.78 Å². The predicted molar refractivity (Wildman–Crippen MR) is 122 cm³/mol. The Labute approximate surface area is 204 Å². The lowest BCUT2D eigenvalue weighted by Crippen LogP contribution is -2.32. The summed E-state index contributed by atoms with van der Waals surface area (Å²) in [5.74, 6) is -5.07. The van der Waals surface area contributed by atoms with E-state index in [0.717, 1.165) is 18.6 Å². The molecule has 36 heavy (non-hydrogen) atoms. The minimum absolute atomic E-state index is 0.0328. The van der Waals surface area contributed by atoms with Gasteiger partial charge in [-0.3, -0.25) is 9.59 Å². The van der Waals surface area contributed by atoms with Crippen LogP contribution in [-0.4, -0.2) is 34.9 Å². The molecule has 2 saturated heterocycles. The molecule has 5 rings (SSSR count). The van der Waals surface area contributed by atoms with Crippen molar-refractivity contribution in [1.29, 1.82) is 0 Å². The first-order valence-electron chi connectivity index (χ1n) is 11.8. The van der Waals surface area contributed by atoms with E-state index < -0.39 is 47.3 Å². The van der Waals surface area contributed by atoms with Crippen LogP contribution in [0.25, 0.3) is 0 Å². The molecule has 2 aliphatic heterocycles. The zero-order valence-corrected chi connectivity index (χ0v) is 19.4. The van der Waals surface area contributed by atoms with Crippen LogP contribution in [0.4, 0.5) is 27.6 Å². The van der Waals surface area contributed by atoms with Crippen molar-refractivity contribution < 1.29 is 36.6 Å². The highest BCUT2D eigenvalue weighted by molar-refractivity contribution is 6.28. The summed E-state index contributed by atoms with van der Waals surface area (Å²) in [6.07, 6.45) is -2.69. The van der Waals surface area contributed by atoms with E-state index in [0.29, 0.717) is 31.0 Å². The van der Waals surface area contributed by atoms with Crippen LogP contribution < -0.4 is 4.90 Å². The number of alkyl halides is 5. The minimum atomic E-state index is -4.75. The van der Waals surface area contributed by atoms with E-state index in [9.17, 15) is 36.6 Å². The topological polar surface area (TPSA) is 57.6 Å². The Kier molecular flexibility index (Phi) is 5.82. The van der Waals surface area contributed by atoms with Gasteiger partial charge in [-0.2, -0.15) is 13.2 Å². The summed E-state index contributed by atoms with van der Waals surface area (Å²) in [5.41, 5.74) is -1.75. The number of aliphatic hydroxyl groups is 1. The molecule has 0 radical (unpaired) electrons. The fraction of sp³-hybridized carbons (Fsp3) is 0.407. The number of aliphatic hydroxyl groups excluding tert-OH is 1. The second-order valence-corrected chi connectivity index (χ2v) is 9.83. The maximum absolute atomic E-state index is 14.1. The van der Waals surface area contributed by atoms with Crippen molar-refractivity contribution in [1.82, 2.24) is 0 Å². The van der Waals surface area contributed by atoms with Gasteiger partial charge in [0.2, 0.25) is 0 Å². The number of benzene rings is 2. The zero-order chi connectivity index (χ0) is 26.0. The fourth-order valence-corrected chi connectivity index (χ4v) is 5.85. The van der Waals surface area contributed by atoms with Crippen LogP contribution in [0.5, 0.6) is 0 Å². The van der Waals surface area contributed by atoms with Crippen LogP contribution in [0.1, 0.15) is 58.8 Å². The normalized spacial score (nSPS) is 23.6. The van der Waals surface area contributed by atoms with E-state index in [2.05, 4.69) is 0 Å². The van der Waals surface area contributed by atoms with Crippen LogP contribution in [0.2, 0.25) is 0 Å². The molecule has 0 amide bonds. The molecule has 1 N–H and O–H groups in total. The predicted octanol–water partition coefficient (Wildman–Crippen LogP) is 5.40. The van der Waals surface area contributed by atoms with E-state index in [-0.39, 0.29) is 35.2 Å². The summed E-state index contributed by atoms with van der Waals surface area (Å²) < 4.78 is 70.3. The molecule has 1 aliphatic carbocycles. The largest absolute Gasteiger partial charge is 0.416 e. The molecule has 2 unspecified atom stereocenters. The quantitative estimate of drug-likeness (QED) is 0.437. The molecule has 3 atom stereocenters. The lowest BCUT2D eigenvalue weighted by atomic mass is 9.83. The fourth-order valence-electron chi connectivity index (χ4n) is 5.85. The van der Waals surface area contributed by atoms with E-state index in [1.54, 1.807) is 0 Å². The third kappa shape index (κ3) is 4.13. The molecule has 4 nitrogen and oxygen atoms in total. The number of carbonyl (C=O) groups is 2. The number of Topliss-reactive ketones (excluding diaryl/α,β-unsaturated/α-hetero) is 2. The Morgan fingerprint density at radius 3 is 2.44 bits per heavy atom. The van der Waals surface area contributed by atoms with Crippen molar-refractivity contribution in [3.63, 3.8) is 0 Å². The Bertz CT molecular complexity index is 1280. The summed E-state index contributed by atoms with van der Waals surface area (Å²) in [7, 11) is 0. The van der Waals surface area contributed by atoms with Gasteiger partial charge in [0.1, 0.15) is 0 Å². The van der Waals surface area contributed by atoms with Crippen LogP contribution in [-0.2, 0) is 29.7 Å². The molecule has 0 spiro atoms. The molecular weight excluding hydrogens is 481 g/mol. The van der Waals surface area contributed by atoms with Gasteiger partial charge in [-0.05, 0) is 48.9 Å². The molecule has 2 aromatic rings. The molecule has 3 aliphatic rings. The van der Waals surface area contributed by atoms with Gasteiger partial charge >= 0.3 is 6.18 Å². The molecule has 0 saturated carbocycles. The van der Waals surface area contributed by atoms with Gasteiger partial charge in [-0.1, -0.05) is 30.3 Å². The van der Waals surface area contributed by atoms with Crippen LogP contribution in [0.15, 0.2) is 48.0 Å². The molecule has 2 fully saturated rings. The maximum atomic E-state index is 14.1. The Hall–Kier alpha value is -3.07. The molecule has 2 heterocycles. The first kappa shape index (κ1) is 24.6. The van der Waals surface area contributed by atoms with Gasteiger partial charge in [0, 0.05) is 36.2 Å². The van der Waals surface area contributed by atoms with Crippen LogP contribution >= 0.6 is 0 Å². The zero-order valence-electron chi connectivity index (χ0n) is 19.4. The Morgan fingerprint density at radius 2 is 1.83 bits per heavy atom. The van der Waals surface area contributed by atoms with Gasteiger partial charge in [0.05, 0.1) is 23.3 Å². The van der Waals surface area contributed by atoms with Crippen LogP contribution in [0.3, 0.4) is 0 Å². The van der Waals surface area contributed by atoms with Crippen LogP contribution in [0, 0.1) is 0 Å². The Morgan fingerprint density at radius 1 is 1.08 bits per heavy atom. The van der Waals surface area contributed by atoms with E-state index in [1.165, 1.54) is 30.3 Å². The smallest absolute Gasteiger partial charge is 0.391 e. The monoisotopic (exact) mass is 505 g/mol. The SMILES string of the molecule is CC(F)(F)c1cccc2c1C(=O)C(C(=O)Cc1ccc(N3C4CCC3[C@H](O)C4)cc1C(F)(F)F)=CC2. The number of ketones is 2. The van der Waals surface area contributed by atoms with Crippen molar-refractivity contribution in [2.45, 2.75) is 69.3 Å². The van der Waals surface area contributed by atoms with Crippen molar-refractivity contribution in [3.05, 3.63) is 75.9 Å². The third-order valence-corrected chi connectivity index (χ3v) is 7.47. The second-order valence-electron chi connectivity index (χ2n) is 9.83. The number of hydrogen-bond acceptors (Lipinski definition) is 4.